The van der Waals surface area contributed by atoms with Crippen molar-refractivity contribution in [2.45, 2.75) is 31.7 Å². The fraction of sp³-hybridized carbons (Fsp3) is 0.467. The number of carboxylic acid groups (broad SMARTS) is 1. The molecule has 0 bridgehead atoms. The average molecular weight is 276 g/mol. The number of anilines is 1. The number of carbonyl (C=O) groups excluding carboxylic acids is 1. The lowest BCUT2D eigenvalue weighted by atomic mass is 10.2. The van der Waals surface area contributed by atoms with Crippen molar-refractivity contribution in [3.05, 3.63) is 30.3 Å². The molecule has 2 amide bonds. The maximum absolute atomic E-state index is 12.5. The van der Waals surface area contributed by atoms with Gasteiger partial charge in [-0.15, -0.1) is 0 Å². The number of hydrogen-bond donors (Lipinski definition) is 1. The summed E-state index contributed by atoms with van der Waals surface area (Å²) >= 11 is 0. The van der Waals surface area contributed by atoms with E-state index in [-0.39, 0.29) is 12.5 Å². The van der Waals surface area contributed by atoms with Crippen LogP contribution in [-0.4, -0.2) is 41.6 Å². The van der Waals surface area contributed by atoms with Gasteiger partial charge in [0.1, 0.15) is 0 Å². The molecule has 0 spiro atoms. The third-order valence-corrected chi connectivity index (χ3v) is 3.47. The second-order valence-electron chi connectivity index (χ2n) is 5.11. The molecule has 1 N–H and O–H groups in total. The Morgan fingerprint density at radius 1 is 1.25 bits per heavy atom. The van der Waals surface area contributed by atoms with E-state index in [1.165, 1.54) is 0 Å². The van der Waals surface area contributed by atoms with Gasteiger partial charge in [0.2, 0.25) is 0 Å². The maximum Gasteiger partial charge on any atom is 0.324 e. The first-order valence-corrected chi connectivity index (χ1v) is 6.91. The van der Waals surface area contributed by atoms with Crippen LogP contribution in [0.2, 0.25) is 0 Å². The van der Waals surface area contributed by atoms with Gasteiger partial charge in [0, 0.05) is 31.7 Å². The number of hydrogen-bond acceptors (Lipinski definition) is 2. The Balaban J connectivity index is 2.06. The van der Waals surface area contributed by atoms with Crippen LogP contribution in [0.3, 0.4) is 0 Å². The highest BCUT2D eigenvalue weighted by atomic mass is 16.4. The van der Waals surface area contributed by atoms with E-state index in [1.54, 1.807) is 9.80 Å². The van der Waals surface area contributed by atoms with E-state index in [9.17, 15) is 9.59 Å². The third-order valence-electron chi connectivity index (χ3n) is 3.47. The molecule has 0 saturated heterocycles. The molecular formula is C15H20N2O3. The highest BCUT2D eigenvalue weighted by Crippen LogP contribution is 2.27. The van der Waals surface area contributed by atoms with E-state index in [4.69, 9.17) is 5.11 Å². The van der Waals surface area contributed by atoms with Crippen molar-refractivity contribution >= 4 is 17.7 Å². The van der Waals surface area contributed by atoms with Gasteiger partial charge in [-0.05, 0) is 31.4 Å². The number of aliphatic carboxylic acids is 1. The third kappa shape index (κ3) is 3.73. The Hall–Kier alpha value is -2.04. The predicted molar refractivity (Wildman–Crippen MR) is 76.8 cm³/mol. The van der Waals surface area contributed by atoms with Crippen molar-refractivity contribution in [2.24, 2.45) is 0 Å². The normalized spacial score (nSPS) is 13.8. The predicted octanol–water partition coefficient (Wildman–Crippen LogP) is 2.57. The van der Waals surface area contributed by atoms with Crippen LogP contribution < -0.4 is 4.90 Å². The minimum absolute atomic E-state index is 0.0518. The van der Waals surface area contributed by atoms with Gasteiger partial charge in [0.15, 0.2) is 0 Å². The number of para-hydroxylation sites is 1. The molecule has 20 heavy (non-hydrogen) atoms. The standard InChI is InChI=1S/C15H20N2O3/c1-16(12-9-10-12)15(20)17(11-5-8-14(18)19)13-6-3-2-4-7-13/h2-4,6-7,12H,5,8-11H2,1H3,(H,18,19). The molecule has 0 unspecified atom stereocenters. The van der Waals surface area contributed by atoms with Crippen LogP contribution in [0.15, 0.2) is 30.3 Å². The average Bonchev–Trinajstić information content (AvgIpc) is 3.27. The van der Waals surface area contributed by atoms with Crippen molar-refractivity contribution in [1.29, 1.82) is 0 Å². The largest absolute Gasteiger partial charge is 0.481 e. The summed E-state index contributed by atoms with van der Waals surface area (Å²) in [6, 6.07) is 9.69. The summed E-state index contributed by atoms with van der Waals surface area (Å²) in [7, 11) is 1.81. The highest BCUT2D eigenvalue weighted by Gasteiger charge is 2.32. The van der Waals surface area contributed by atoms with Gasteiger partial charge in [-0.25, -0.2) is 4.79 Å². The van der Waals surface area contributed by atoms with Gasteiger partial charge in [-0.3, -0.25) is 9.69 Å². The van der Waals surface area contributed by atoms with Crippen LogP contribution in [0.25, 0.3) is 0 Å². The van der Waals surface area contributed by atoms with E-state index in [0.717, 1.165) is 18.5 Å². The molecule has 0 aromatic heterocycles. The Kier molecular flexibility index (Phi) is 4.61. The number of carbonyl (C=O) groups is 2. The maximum atomic E-state index is 12.5. The summed E-state index contributed by atoms with van der Waals surface area (Å²) < 4.78 is 0. The van der Waals surface area contributed by atoms with Gasteiger partial charge < -0.3 is 10.0 Å². The lowest BCUT2D eigenvalue weighted by Gasteiger charge is -2.28. The summed E-state index contributed by atoms with van der Waals surface area (Å²) in [4.78, 5) is 26.6. The quantitative estimate of drug-likeness (QED) is 0.868. The van der Waals surface area contributed by atoms with Gasteiger partial charge >= 0.3 is 12.0 Å². The molecule has 0 radical (unpaired) electrons. The van der Waals surface area contributed by atoms with Gasteiger partial charge in [-0.2, -0.15) is 0 Å². The number of rotatable bonds is 6. The highest BCUT2D eigenvalue weighted by molar-refractivity contribution is 5.92. The molecule has 1 fully saturated rings. The zero-order chi connectivity index (χ0) is 14.5. The van der Waals surface area contributed by atoms with Crippen molar-refractivity contribution < 1.29 is 14.7 Å². The molecule has 1 aliphatic carbocycles. The first kappa shape index (κ1) is 14.4. The molecule has 0 atom stereocenters. The minimum Gasteiger partial charge on any atom is -0.481 e. The van der Waals surface area contributed by atoms with Gasteiger partial charge in [-0.1, -0.05) is 18.2 Å². The van der Waals surface area contributed by atoms with Gasteiger partial charge in [0.25, 0.3) is 0 Å². The summed E-state index contributed by atoms with van der Waals surface area (Å²) in [5, 5.41) is 8.73. The van der Waals surface area contributed by atoms with Crippen molar-refractivity contribution in [1.82, 2.24) is 4.90 Å². The smallest absolute Gasteiger partial charge is 0.324 e. The second-order valence-corrected chi connectivity index (χ2v) is 5.11. The second kappa shape index (κ2) is 6.41. The van der Waals surface area contributed by atoms with Crippen molar-refractivity contribution in [2.75, 3.05) is 18.5 Å². The zero-order valence-corrected chi connectivity index (χ0v) is 11.7. The van der Waals surface area contributed by atoms with E-state index in [2.05, 4.69) is 0 Å². The first-order valence-electron chi connectivity index (χ1n) is 6.91. The molecule has 5 nitrogen and oxygen atoms in total. The summed E-state index contributed by atoms with van der Waals surface area (Å²) in [5.41, 5.74) is 0.815. The molecule has 2 rings (SSSR count). The molecule has 1 aromatic rings. The molecular weight excluding hydrogens is 256 g/mol. The van der Waals surface area contributed by atoms with Crippen LogP contribution in [0.1, 0.15) is 25.7 Å². The molecule has 108 valence electrons. The number of carboxylic acids is 1. The zero-order valence-electron chi connectivity index (χ0n) is 11.7. The van der Waals surface area contributed by atoms with E-state index in [0.29, 0.717) is 19.0 Å². The van der Waals surface area contributed by atoms with Gasteiger partial charge in [0.05, 0.1) is 0 Å². The van der Waals surface area contributed by atoms with Crippen LogP contribution in [0.5, 0.6) is 0 Å². The number of benzene rings is 1. The summed E-state index contributed by atoms with van der Waals surface area (Å²) in [6.07, 6.45) is 2.64. The monoisotopic (exact) mass is 276 g/mol. The molecule has 0 aliphatic heterocycles. The lowest BCUT2D eigenvalue weighted by Crippen LogP contribution is -2.43. The Morgan fingerprint density at radius 3 is 2.45 bits per heavy atom. The van der Waals surface area contributed by atoms with Crippen molar-refractivity contribution in [3.63, 3.8) is 0 Å². The molecule has 1 aliphatic rings. The fourth-order valence-corrected chi connectivity index (χ4v) is 2.14. The fourth-order valence-electron chi connectivity index (χ4n) is 2.14. The molecule has 1 saturated carbocycles. The van der Waals surface area contributed by atoms with E-state index < -0.39 is 5.97 Å². The molecule has 5 heteroatoms. The lowest BCUT2D eigenvalue weighted by molar-refractivity contribution is -0.137. The van der Waals surface area contributed by atoms with Crippen LogP contribution in [0.4, 0.5) is 10.5 Å². The minimum atomic E-state index is -0.832. The summed E-state index contributed by atoms with van der Waals surface area (Å²) in [5.74, 6) is -0.832. The Morgan fingerprint density at radius 2 is 1.90 bits per heavy atom. The SMILES string of the molecule is CN(C(=O)N(CCCC(=O)O)c1ccccc1)C1CC1. The Labute approximate surface area is 118 Å². The van der Waals surface area contributed by atoms with Crippen LogP contribution in [0, 0.1) is 0 Å². The topological polar surface area (TPSA) is 60.9 Å². The van der Waals surface area contributed by atoms with Crippen LogP contribution in [-0.2, 0) is 4.79 Å². The number of amides is 2. The first-order chi connectivity index (χ1) is 9.59. The van der Waals surface area contributed by atoms with Crippen LogP contribution >= 0.6 is 0 Å². The molecule has 0 heterocycles. The summed E-state index contributed by atoms with van der Waals surface area (Å²) in [6.45, 7) is 0.423. The number of urea groups is 1. The van der Waals surface area contributed by atoms with E-state index >= 15 is 0 Å². The Bertz CT molecular complexity index is 471. The van der Waals surface area contributed by atoms with E-state index in [1.807, 2.05) is 37.4 Å². The van der Waals surface area contributed by atoms with Crippen molar-refractivity contribution in [3.8, 4) is 0 Å². The molecule has 1 aromatic carbocycles. The number of nitrogens with zero attached hydrogens (tertiary/aromatic N) is 2.